The van der Waals surface area contributed by atoms with Crippen molar-refractivity contribution >= 4 is 25.7 Å². The Hall–Kier alpha value is -1.12. The largest absolute Gasteiger partial charge is 0.283 e. The summed E-state index contributed by atoms with van der Waals surface area (Å²) in [5.41, 5.74) is 0.599. The van der Waals surface area contributed by atoms with Gasteiger partial charge in [-0.2, -0.15) is 0 Å². The van der Waals surface area contributed by atoms with Crippen molar-refractivity contribution in [2.45, 2.75) is 73.3 Å². The van der Waals surface area contributed by atoms with Crippen LogP contribution in [0.5, 0.6) is 0 Å². The van der Waals surface area contributed by atoms with Gasteiger partial charge in [0.05, 0.1) is 9.49 Å². The Kier molecular flexibility index (Phi) is 14.5. The Morgan fingerprint density at radius 1 is 0.692 bits per heavy atom. The maximum absolute atomic E-state index is 11.7. The van der Waals surface area contributed by atoms with E-state index < -0.39 is 29.5 Å². The van der Waals surface area contributed by atoms with Crippen LogP contribution in [0.25, 0.3) is 0 Å². The van der Waals surface area contributed by atoms with Gasteiger partial charge in [0.15, 0.2) is 0 Å². The fourth-order valence-electron chi connectivity index (χ4n) is 1.12. The number of anilines is 1. The molecule has 0 aliphatic heterocycles. The summed E-state index contributed by atoms with van der Waals surface area (Å²) in [6, 6.07) is 8.88. The van der Waals surface area contributed by atoms with E-state index >= 15 is 0 Å². The van der Waals surface area contributed by atoms with Crippen LogP contribution in [0.4, 0.5) is 5.69 Å². The highest BCUT2D eigenvalue weighted by molar-refractivity contribution is 7.94. The SMILES string of the molecule is C.C.C.CC(C)(C)S(=O)(=O)Nc1ccccc1.CNS(=O)(=O)C(C)(C)C. The van der Waals surface area contributed by atoms with E-state index in [0.29, 0.717) is 5.69 Å². The van der Waals surface area contributed by atoms with Crippen LogP contribution in [-0.4, -0.2) is 33.4 Å². The van der Waals surface area contributed by atoms with E-state index in [-0.39, 0.29) is 22.3 Å². The molecule has 0 aliphatic carbocycles. The number of benzene rings is 1. The molecule has 0 atom stereocenters. The van der Waals surface area contributed by atoms with Crippen molar-refractivity contribution in [1.29, 1.82) is 0 Å². The summed E-state index contributed by atoms with van der Waals surface area (Å²) in [5, 5.41) is 0. The summed E-state index contributed by atoms with van der Waals surface area (Å²) in [6.07, 6.45) is 0. The first-order chi connectivity index (χ1) is 10.1. The summed E-state index contributed by atoms with van der Waals surface area (Å²) in [4.78, 5) is 0. The second kappa shape index (κ2) is 11.6. The molecule has 0 saturated heterocycles. The molecule has 26 heavy (non-hydrogen) atoms. The number of hydrogen-bond donors (Lipinski definition) is 2. The molecule has 0 radical (unpaired) electrons. The van der Waals surface area contributed by atoms with E-state index in [9.17, 15) is 16.8 Å². The molecule has 0 aromatic heterocycles. The Morgan fingerprint density at radius 2 is 1.04 bits per heavy atom. The van der Waals surface area contributed by atoms with Gasteiger partial charge in [-0.1, -0.05) is 40.5 Å². The average Bonchev–Trinajstić information content (AvgIpc) is 2.37. The van der Waals surface area contributed by atoms with E-state index in [0.717, 1.165) is 0 Å². The smallest absolute Gasteiger partial charge is 0.237 e. The zero-order chi connectivity index (χ0) is 18.5. The fourth-order valence-corrected chi connectivity index (χ4v) is 2.49. The minimum Gasteiger partial charge on any atom is -0.283 e. The molecule has 1 aromatic rings. The first kappa shape index (κ1) is 32.5. The van der Waals surface area contributed by atoms with Crippen LogP contribution in [0.15, 0.2) is 30.3 Å². The first-order valence-corrected chi connectivity index (χ1v) is 10.1. The van der Waals surface area contributed by atoms with Crippen LogP contribution in [0, 0.1) is 0 Å². The molecular weight excluding hydrogens is 372 g/mol. The predicted molar refractivity (Wildman–Crippen MR) is 117 cm³/mol. The second-order valence-corrected chi connectivity index (χ2v) is 12.0. The van der Waals surface area contributed by atoms with E-state index in [4.69, 9.17) is 0 Å². The Balaban J connectivity index is -0.000000180. The number of nitrogens with one attached hydrogen (secondary N) is 2. The molecule has 0 unspecified atom stereocenters. The van der Waals surface area contributed by atoms with Crippen molar-refractivity contribution in [3.63, 3.8) is 0 Å². The third kappa shape index (κ3) is 10.1. The Morgan fingerprint density at radius 3 is 1.27 bits per heavy atom. The summed E-state index contributed by atoms with van der Waals surface area (Å²) >= 11 is 0. The fraction of sp³-hybridized carbons (Fsp3) is 0.667. The molecule has 1 rings (SSSR count). The Labute approximate surface area is 162 Å². The topological polar surface area (TPSA) is 92.3 Å². The van der Waals surface area contributed by atoms with Gasteiger partial charge in [-0.05, 0) is 60.7 Å². The quantitative estimate of drug-likeness (QED) is 0.766. The molecule has 0 spiro atoms. The lowest BCUT2D eigenvalue weighted by Crippen LogP contribution is -2.37. The van der Waals surface area contributed by atoms with Crippen LogP contribution < -0.4 is 9.44 Å². The molecular formula is C18H40N2O4S2. The van der Waals surface area contributed by atoms with Crippen molar-refractivity contribution in [2.75, 3.05) is 11.8 Å². The van der Waals surface area contributed by atoms with Gasteiger partial charge in [0, 0.05) is 5.69 Å². The van der Waals surface area contributed by atoms with Crippen molar-refractivity contribution in [3.05, 3.63) is 30.3 Å². The minimum atomic E-state index is -3.30. The van der Waals surface area contributed by atoms with Gasteiger partial charge in [-0.25, -0.2) is 21.6 Å². The monoisotopic (exact) mass is 412 g/mol. The molecule has 0 bridgehead atoms. The normalized spacial score (nSPS) is 11.5. The minimum absolute atomic E-state index is 0. The standard InChI is InChI=1S/C10H15NO2S.C5H13NO2S.3CH4/c1-10(2,3)14(12,13)11-9-7-5-4-6-8-9;1-5(2,3)9(7,8)6-4;;;/h4-8,11H,1-3H3;6H,1-4H3;3*1H4. The van der Waals surface area contributed by atoms with Gasteiger partial charge in [-0.15, -0.1) is 0 Å². The molecule has 0 aliphatic rings. The predicted octanol–water partition coefficient (Wildman–Crippen LogP) is 4.47. The van der Waals surface area contributed by atoms with Gasteiger partial charge in [0.25, 0.3) is 0 Å². The third-order valence-corrected chi connectivity index (χ3v) is 7.17. The van der Waals surface area contributed by atoms with Crippen LogP contribution in [0.1, 0.15) is 63.8 Å². The van der Waals surface area contributed by atoms with E-state index in [1.807, 2.05) is 6.07 Å². The lowest BCUT2D eigenvalue weighted by atomic mass is 10.3. The van der Waals surface area contributed by atoms with Crippen LogP contribution >= 0.6 is 0 Å². The van der Waals surface area contributed by atoms with Crippen LogP contribution in [0.3, 0.4) is 0 Å². The highest BCUT2D eigenvalue weighted by Crippen LogP contribution is 2.18. The van der Waals surface area contributed by atoms with Gasteiger partial charge in [0.1, 0.15) is 0 Å². The maximum atomic E-state index is 11.7. The maximum Gasteiger partial charge on any atom is 0.237 e. The number of para-hydroxylation sites is 1. The van der Waals surface area contributed by atoms with Crippen molar-refractivity contribution in [3.8, 4) is 0 Å². The molecule has 8 heteroatoms. The van der Waals surface area contributed by atoms with Crippen LogP contribution in [-0.2, 0) is 20.0 Å². The van der Waals surface area contributed by atoms with E-state index in [2.05, 4.69) is 9.44 Å². The molecule has 0 heterocycles. The van der Waals surface area contributed by atoms with E-state index in [1.54, 1.807) is 65.8 Å². The van der Waals surface area contributed by atoms with Gasteiger partial charge in [-0.3, -0.25) is 4.72 Å². The zero-order valence-electron chi connectivity index (χ0n) is 14.8. The summed E-state index contributed by atoms with van der Waals surface area (Å²) in [6.45, 7) is 9.95. The number of sulfonamides is 2. The van der Waals surface area contributed by atoms with Crippen molar-refractivity contribution in [2.24, 2.45) is 0 Å². The highest BCUT2D eigenvalue weighted by atomic mass is 32.2. The van der Waals surface area contributed by atoms with Crippen LogP contribution in [0.2, 0.25) is 0 Å². The number of hydrogen-bond acceptors (Lipinski definition) is 4. The first-order valence-electron chi connectivity index (χ1n) is 7.14. The zero-order valence-corrected chi connectivity index (χ0v) is 16.5. The molecule has 158 valence electrons. The average molecular weight is 413 g/mol. The lowest BCUT2D eigenvalue weighted by molar-refractivity contribution is 0.551. The molecule has 6 nitrogen and oxygen atoms in total. The second-order valence-electron chi connectivity index (χ2n) is 6.90. The van der Waals surface area contributed by atoms with Gasteiger partial charge < -0.3 is 0 Å². The summed E-state index contributed by atoms with van der Waals surface area (Å²) < 4.78 is 48.5. The molecule has 1 aromatic carbocycles. The van der Waals surface area contributed by atoms with Gasteiger partial charge in [0.2, 0.25) is 20.0 Å². The molecule has 2 N–H and O–H groups in total. The molecule has 0 fully saturated rings. The summed E-state index contributed by atoms with van der Waals surface area (Å²) in [5.74, 6) is 0. The van der Waals surface area contributed by atoms with Crippen molar-refractivity contribution < 1.29 is 16.8 Å². The van der Waals surface area contributed by atoms with Gasteiger partial charge >= 0.3 is 0 Å². The Bertz CT molecular complexity index is 685. The number of rotatable bonds is 3. The molecule has 0 amide bonds. The summed E-state index contributed by atoms with van der Waals surface area (Å²) in [7, 11) is -4.97. The lowest BCUT2D eigenvalue weighted by Gasteiger charge is -2.20. The van der Waals surface area contributed by atoms with E-state index in [1.165, 1.54) is 7.05 Å². The third-order valence-electron chi connectivity index (χ3n) is 2.91. The van der Waals surface area contributed by atoms with Crippen molar-refractivity contribution in [1.82, 2.24) is 4.72 Å². The highest BCUT2D eigenvalue weighted by Gasteiger charge is 2.28. The molecule has 0 saturated carbocycles.